The molecule has 0 aliphatic heterocycles. The molecule has 6 nitrogen and oxygen atoms in total. The van der Waals surface area contributed by atoms with Crippen LogP contribution < -0.4 is 11.1 Å². The molecule has 0 aliphatic carbocycles. The van der Waals surface area contributed by atoms with Crippen molar-refractivity contribution in [3.8, 4) is 0 Å². The van der Waals surface area contributed by atoms with Gasteiger partial charge in [0.05, 0.1) is 19.1 Å². The van der Waals surface area contributed by atoms with E-state index in [4.69, 9.17) is 10.5 Å². The van der Waals surface area contributed by atoms with Crippen molar-refractivity contribution in [3.63, 3.8) is 0 Å². The predicted octanol–water partition coefficient (Wildman–Crippen LogP) is 1.80. The number of carbonyl (C=O) groups is 1. The van der Waals surface area contributed by atoms with Gasteiger partial charge in [-0.15, -0.1) is 0 Å². The lowest BCUT2D eigenvalue weighted by atomic mass is 9.95. The summed E-state index contributed by atoms with van der Waals surface area (Å²) in [5, 5.41) is 7.06. The van der Waals surface area contributed by atoms with Crippen molar-refractivity contribution in [1.82, 2.24) is 9.78 Å². The predicted molar refractivity (Wildman–Crippen MR) is 85.3 cm³/mol. The van der Waals surface area contributed by atoms with Crippen LogP contribution in [0.4, 0.5) is 5.82 Å². The van der Waals surface area contributed by atoms with Crippen LogP contribution in [0.1, 0.15) is 18.5 Å². The number of hydrogen-bond acceptors (Lipinski definition) is 4. The van der Waals surface area contributed by atoms with Crippen LogP contribution in [0.5, 0.6) is 0 Å². The van der Waals surface area contributed by atoms with Crippen LogP contribution in [0.25, 0.3) is 0 Å². The highest BCUT2D eigenvalue weighted by Crippen LogP contribution is 2.20. The van der Waals surface area contributed by atoms with Crippen molar-refractivity contribution in [2.24, 2.45) is 11.7 Å². The Morgan fingerprint density at radius 1 is 1.36 bits per heavy atom. The Morgan fingerprint density at radius 3 is 2.77 bits per heavy atom. The van der Waals surface area contributed by atoms with Gasteiger partial charge in [0, 0.05) is 25.4 Å². The van der Waals surface area contributed by atoms with E-state index in [0.717, 1.165) is 5.56 Å². The number of nitrogens with zero attached hydrogens (tertiary/aromatic N) is 2. The summed E-state index contributed by atoms with van der Waals surface area (Å²) in [6.45, 7) is 3.03. The molecule has 0 fully saturated rings. The van der Waals surface area contributed by atoms with Gasteiger partial charge in [-0.1, -0.05) is 37.3 Å². The van der Waals surface area contributed by atoms with Crippen molar-refractivity contribution in [1.29, 1.82) is 0 Å². The zero-order chi connectivity index (χ0) is 15.9. The lowest BCUT2D eigenvalue weighted by Gasteiger charge is -2.19. The first-order valence-corrected chi connectivity index (χ1v) is 7.25. The molecule has 1 aromatic heterocycles. The minimum absolute atomic E-state index is 0.145. The van der Waals surface area contributed by atoms with Gasteiger partial charge in [-0.05, 0) is 5.56 Å². The number of benzene rings is 1. The van der Waals surface area contributed by atoms with Crippen molar-refractivity contribution in [2.45, 2.75) is 19.5 Å². The molecule has 2 atom stereocenters. The minimum Gasteiger partial charge on any atom is -0.383 e. The van der Waals surface area contributed by atoms with Gasteiger partial charge < -0.3 is 15.8 Å². The lowest BCUT2D eigenvalue weighted by Crippen LogP contribution is -2.30. The molecule has 0 saturated heterocycles. The van der Waals surface area contributed by atoms with E-state index < -0.39 is 0 Å². The fourth-order valence-corrected chi connectivity index (χ4v) is 2.10. The third kappa shape index (κ3) is 4.16. The van der Waals surface area contributed by atoms with Gasteiger partial charge in [-0.3, -0.25) is 9.48 Å². The molecule has 1 amide bonds. The number of anilines is 1. The Kier molecular flexibility index (Phi) is 5.68. The highest BCUT2D eigenvalue weighted by molar-refractivity contribution is 5.91. The number of carbonyl (C=O) groups excluding carboxylic acids is 1. The van der Waals surface area contributed by atoms with E-state index >= 15 is 0 Å². The van der Waals surface area contributed by atoms with E-state index in [0.29, 0.717) is 19.0 Å². The first kappa shape index (κ1) is 16.2. The number of hydrogen-bond donors (Lipinski definition) is 2. The number of methoxy groups -OCH3 is 1. The van der Waals surface area contributed by atoms with Gasteiger partial charge in [-0.25, -0.2) is 0 Å². The number of nitrogens with one attached hydrogen (secondary N) is 1. The molecule has 1 heterocycles. The molecule has 1 aromatic carbocycles. The molecule has 3 N–H and O–H groups in total. The van der Waals surface area contributed by atoms with Gasteiger partial charge in [0.25, 0.3) is 0 Å². The molecule has 118 valence electrons. The number of ether oxygens (including phenoxy) is 1. The van der Waals surface area contributed by atoms with Crippen LogP contribution in [0.2, 0.25) is 0 Å². The first-order valence-electron chi connectivity index (χ1n) is 7.25. The topological polar surface area (TPSA) is 82.2 Å². The smallest absolute Gasteiger partial charge is 0.230 e. The molecule has 2 rings (SSSR count). The maximum Gasteiger partial charge on any atom is 0.230 e. The Bertz CT molecular complexity index is 597. The Labute approximate surface area is 130 Å². The summed E-state index contributed by atoms with van der Waals surface area (Å²) in [6, 6.07) is 11.0. The van der Waals surface area contributed by atoms with Crippen LogP contribution in [0.15, 0.2) is 42.6 Å². The lowest BCUT2D eigenvalue weighted by molar-refractivity contribution is -0.120. The number of rotatable bonds is 7. The average molecular weight is 302 g/mol. The van der Waals surface area contributed by atoms with Gasteiger partial charge in [0.2, 0.25) is 5.91 Å². The molecule has 0 spiro atoms. The van der Waals surface area contributed by atoms with E-state index in [9.17, 15) is 4.79 Å². The zero-order valence-corrected chi connectivity index (χ0v) is 12.9. The second-order valence-corrected chi connectivity index (χ2v) is 5.17. The molecular formula is C16H22N4O2. The Balaban J connectivity index is 1.95. The van der Waals surface area contributed by atoms with Crippen LogP contribution in [0.3, 0.4) is 0 Å². The minimum atomic E-state index is -0.355. The molecule has 0 saturated carbocycles. The van der Waals surface area contributed by atoms with Crippen molar-refractivity contribution >= 4 is 11.7 Å². The maximum atomic E-state index is 12.3. The largest absolute Gasteiger partial charge is 0.383 e. The van der Waals surface area contributed by atoms with Crippen LogP contribution >= 0.6 is 0 Å². The number of aromatic nitrogens is 2. The summed E-state index contributed by atoms with van der Waals surface area (Å²) in [5.74, 6) is 0.0214. The summed E-state index contributed by atoms with van der Waals surface area (Å²) in [6.07, 6.45) is 1.80. The normalized spacial score (nSPS) is 13.6. The molecule has 2 aromatic rings. The number of nitrogens with two attached hydrogens (primary N) is 1. The second-order valence-electron chi connectivity index (χ2n) is 5.17. The SMILES string of the molecule is COCCn1ccc(NC(=O)C(C)C(N)c2ccccc2)n1. The molecule has 0 bridgehead atoms. The third-order valence-corrected chi connectivity index (χ3v) is 3.55. The fourth-order valence-electron chi connectivity index (χ4n) is 2.10. The fraction of sp³-hybridized carbons (Fsp3) is 0.375. The van der Waals surface area contributed by atoms with Gasteiger partial charge in [0.15, 0.2) is 5.82 Å². The van der Waals surface area contributed by atoms with E-state index in [-0.39, 0.29) is 17.9 Å². The molecule has 0 radical (unpaired) electrons. The zero-order valence-electron chi connectivity index (χ0n) is 12.9. The molecule has 6 heteroatoms. The Hall–Kier alpha value is -2.18. The van der Waals surface area contributed by atoms with Gasteiger partial charge >= 0.3 is 0 Å². The van der Waals surface area contributed by atoms with Crippen molar-refractivity contribution < 1.29 is 9.53 Å². The van der Waals surface area contributed by atoms with Gasteiger partial charge in [-0.2, -0.15) is 5.10 Å². The maximum absolute atomic E-state index is 12.3. The average Bonchev–Trinajstić information content (AvgIpc) is 2.99. The van der Waals surface area contributed by atoms with Crippen molar-refractivity contribution in [2.75, 3.05) is 19.0 Å². The van der Waals surface area contributed by atoms with E-state index in [2.05, 4.69) is 10.4 Å². The third-order valence-electron chi connectivity index (χ3n) is 3.55. The number of amides is 1. The van der Waals surface area contributed by atoms with E-state index in [1.165, 1.54) is 0 Å². The highest BCUT2D eigenvalue weighted by atomic mass is 16.5. The summed E-state index contributed by atoms with van der Waals surface area (Å²) >= 11 is 0. The summed E-state index contributed by atoms with van der Waals surface area (Å²) in [5.41, 5.74) is 7.10. The highest BCUT2D eigenvalue weighted by Gasteiger charge is 2.22. The second kappa shape index (κ2) is 7.72. The molecule has 22 heavy (non-hydrogen) atoms. The van der Waals surface area contributed by atoms with Crippen LogP contribution in [-0.4, -0.2) is 29.4 Å². The first-order chi connectivity index (χ1) is 10.6. The van der Waals surface area contributed by atoms with E-state index in [1.54, 1.807) is 24.1 Å². The molecule has 0 aliphatic rings. The summed E-state index contributed by atoms with van der Waals surface area (Å²) in [4.78, 5) is 12.3. The van der Waals surface area contributed by atoms with Gasteiger partial charge in [0.1, 0.15) is 0 Å². The van der Waals surface area contributed by atoms with Crippen LogP contribution in [-0.2, 0) is 16.1 Å². The van der Waals surface area contributed by atoms with Crippen molar-refractivity contribution in [3.05, 3.63) is 48.2 Å². The van der Waals surface area contributed by atoms with Crippen LogP contribution in [0, 0.1) is 5.92 Å². The van der Waals surface area contributed by atoms with E-state index in [1.807, 2.05) is 37.3 Å². The summed E-state index contributed by atoms with van der Waals surface area (Å²) < 4.78 is 6.71. The monoisotopic (exact) mass is 302 g/mol. The quantitative estimate of drug-likeness (QED) is 0.817. The Morgan fingerprint density at radius 2 is 2.09 bits per heavy atom. The summed E-state index contributed by atoms with van der Waals surface area (Å²) in [7, 11) is 1.64. The molecule has 2 unspecified atom stereocenters. The molecular weight excluding hydrogens is 280 g/mol. The standard InChI is InChI=1S/C16H22N4O2/c1-12(15(17)13-6-4-3-5-7-13)16(21)18-14-8-9-20(19-14)10-11-22-2/h3-9,12,15H,10-11,17H2,1-2H3,(H,18,19,21).